The lowest BCUT2D eigenvalue weighted by Crippen LogP contribution is -2.60. The van der Waals surface area contributed by atoms with Crippen LogP contribution in [0.4, 0.5) is 0 Å². The van der Waals surface area contributed by atoms with Gasteiger partial charge < -0.3 is 14.7 Å². The molecule has 1 N–H and O–H groups in total. The van der Waals surface area contributed by atoms with E-state index in [0.29, 0.717) is 34.7 Å². The van der Waals surface area contributed by atoms with Gasteiger partial charge in [-0.25, -0.2) is 0 Å². The van der Waals surface area contributed by atoms with Crippen LogP contribution in [0.1, 0.15) is 92.4 Å². The van der Waals surface area contributed by atoms with E-state index in [4.69, 9.17) is 4.74 Å². The summed E-state index contributed by atoms with van der Waals surface area (Å²) in [5, 5.41) is 10.3. The van der Waals surface area contributed by atoms with E-state index in [2.05, 4.69) is 38.7 Å². The number of aliphatic hydroxyl groups is 1. The number of rotatable bonds is 0. The molecular weight excluding hydrogens is 410 g/mol. The fraction of sp³-hybridized carbons (Fsp3) is 0.897. The first-order valence-electron chi connectivity index (χ1n) is 13.9. The molecule has 0 aromatic carbocycles. The van der Waals surface area contributed by atoms with E-state index in [1.54, 1.807) is 12.5 Å². The molecular formula is C29H45NO3. The van der Waals surface area contributed by atoms with Gasteiger partial charge in [0.2, 0.25) is 5.91 Å². The zero-order valence-corrected chi connectivity index (χ0v) is 21.5. The number of aliphatic hydroxyl groups excluding tert-OH is 1. The van der Waals surface area contributed by atoms with E-state index in [1.807, 2.05) is 0 Å². The Morgan fingerprint density at radius 1 is 1.12 bits per heavy atom. The number of allylic oxidation sites excluding steroid dienone is 1. The fourth-order valence-corrected chi connectivity index (χ4v) is 10.5. The second kappa shape index (κ2) is 7.32. The number of hydrogen-bond donors (Lipinski definition) is 1. The van der Waals surface area contributed by atoms with Crippen molar-refractivity contribution in [1.82, 2.24) is 4.90 Å². The van der Waals surface area contributed by atoms with Crippen LogP contribution in [0.25, 0.3) is 0 Å². The molecule has 0 aromatic heterocycles. The molecule has 33 heavy (non-hydrogen) atoms. The van der Waals surface area contributed by atoms with Gasteiger partial charge in [-0.1, -0.05) is 39.3 Å². The summed E-state index contributed by atoms with van der Waals surface area (Å²) < 4.78 is 7.09. The molecule has 6 aliphatic rings. The SMILES string of the molecule is CC(=O)N1C[C@H](C)CC[C@]12O[C@@H]1C[C@@H]3[C@H]4CC=C5C[C@H](O)CC[C@]5(C)[C@@H]4CC[C@]3(C)[C@@H]1[C@@H]2C. The first-order valence-corrected chi connectivity index (χ1v) is 13.9. The zero-order chi connectivity index (χ0) is 23.3. The van der Waals surface area contributed by atoms with Crippen molar-refractivity contribution in [3.8, 4) is 0 Å². The topological polar surface area (TPSA) is 49.8 Å². The van der Waals surface area contributed by atoms with Crippen molar-refractivity contribution in [3.05, 3.63) is 11.6 Å². The van der Waals surface area contributed by atoms with Crippen molar-refractivity contribution in [2.24, 2.45) is 46.3 Å². The van der Waals surface area contributed by atoms with Gasteiger partial charge in [0.1, 0.15) is 5.72 Å². The molecule has 1 amide bonds. The van der Waals surface area contributed by atoms with Gasteiger partial charge in [0.25, 0.3) is 0 Å². The minimum atomic E-state index is -0.371. The molecule has 0 unspecified atom stereocenters. The van der Waals surface area contributed by atoms with Crippen LogP contribution in [0.3, 0.4) is 0 Å². The van der Waals surface area contributed by atoms with Gasteiger partial charge in [-0.05, 0) is 98.2 Å². The van der Waals surface area contributed by atoms with Crippen LogP contribution in [0.15, 0.2) is 11.6 Å². The molecule has 4 aliphatic carbocycles. The molecule has 2 aliphatic heterocycles. The van der Waals surface area contributed by atoms with E-state index in [-0.39, 0.29) is 17.7 Å². The number of carbonyl (C=O) groups excluding carboxylic acids is 1. The summed E-state index contributed by atoms with van der Waals surface area (Å²) in [5.41, 5.74) is 1.79. The summed E-state index contributed by atoms with van der Waals surface area (Å²) >= 11 is 0. The molecule has 0 radical (unpaired) electrons. The van der Waals surface area contributed by atoms with Crippen LogP contribution in [-0.2, 0) is 9.53 Å². The average Bonchev–Trinajstić information content (AvgIpc) is 3.21. The quantitative estimate of drug-likeness (QED) is 0.488. The van der Waals surface area contributed by atoms with Crippen molar-refractivity contribution < 1.29 is 14.6 Å². The molecule has 1 spiro atoms. The summed E-state index contributed by atoms with van der Waals surface area (Å²) in [7, 11) is 0. The molecule has 11 atom stereocenters. The highest BCUT2D eigenvalue weighted by Gasteiger charge is 2.69. The Labute approximate surface area is 200 Å². The Morgan fingerprint density at radius 3 is 2.67 bits per heavy atom. The number of hydrogen-bond acceptors (Lipinski definition) is 3. The number of piperidine rings is 1. The molecule has 4 heteroatoms. The minimum absolute atomic E-state index is 0.131. The Morgan fingerprint density at radius 2 is 1.91 bits per heavy atom. The second-order valence-electron chi connectivity index (χ2n) is 13.5. The third kappa shape index (κ3) is 2.92. The van der Waals surface area contributed by atoms with Gasteiger partial charge in [-0.3, -0.25) is 4.79 Å². The van der Waals surface area contributed by atoms with Crippen LogP contribution < -0.4 is 0 Å². The predicted octanol–water partition coefficient (Wildman–Crippen LogP) is 5.55. The molecule has 6 rings (SSSR count). The smallest absolute Gasteiger partial charge is 0.221 e. The molecule has 0 bridgehead atoms. The largest absolute Gasteiger partial charge is 0.393 e. The van der Waals surface area contributed by atoms with Gasteiger partial charge in [-0.2, -0.15) is 0 Å². The number of nitrogens with zero attached hydrogens (tertiary/aromatic N) is 1. The van der Waals surface area contributed by atoms with Crippen LogP contribution in [0.5, 0.6) is 0 Å². The third-order valence-electron chi connectivity index (χ3n) is 12.1. The van der Waals surface area contributed by atoms with E-state index in [0.717, 1.165) is 56.4 Å². The van der Waals surface area contributed by atoms with Gasteiger partial charge in [0.15, 0.2) is 0 Å². The number of likely N-dealkylation sites (tertiary alicyclic amines) is 1. The number of fused-ring (bicyclic) bond motifs is 7. The predicted molar refractivity (Wildman–Crippen MR) is 129 cm³/mol. The maximum Gasteiger partial charge on any atom is 0.221 e. The van der Waals surface area contributed by atoms with Crippen molar-refractivity contribution in [2.75, 3.05) is 6.54 Å². The van der Waals surface area contributed by atoms with E-state index in [1.165, 1.54) is 25.7 Å². The fourth-order valence-electron chi connectivity index (χ4n) is 10.5. The highest BCUT2D eigenvalue weighted by Crippen LogP contribution is 2.70. The summed E-state index contributed by atoms with van der Waals surface area (Å²) in [6.07, 6.45) is 12.9. The molecule has 5 fully saturated rings. The highest BCUT2D eigenvalue weighted by molar-refractivity contribution is 5.74. The second-order valence-corrected chi connectivity index (χ2v) is 13.5. The minimum Gasteiger partial charge on any atom is -0.393 e. The number of amides is 1. The average molecular weight is 456 g/mol. The monoisotopic (exact) mass is 455 g/mol. The van der Waals surface area contributed by atoms with Crippen molar-refractivity contribution in [2.45, 2.75) is 110 Å². The van der Waals surface area contributed by atoms with Crippen LogP contribution in [0.2, 0.25) is 0 Å². The lowest BCUT2D eigenvalue weighted by molar-refractivity contribution is -0.200. The molecule has 4 nitrogen and oxygen atoms in total. The maximum absolute atomic E-state index is 12.7. The maximum atomic E-state index is 12.7. The standard InChI is InChI=1S/C29H45NO3/c1-17-8-13-29(30(16-17)19(3)31)18(2)26-25(33-29)15-24-22-7-6-20-14-21(32)9-11-27(20,4)23(22)10-12-28(24,26)5/h6,17-18,21-26,32H,7-16H2,1-5H3/t17-,18+,21-,22+,23-,24-,25-,26-,27+,28+,29-/m1/s1. The zero-order valence-electron chi connectivity index (χ0n) is 21.5. The number of carbonyl (C=O) groups is 1. The summed E-state index contributed by atoms with van der Waals surface area (Å²) in [5.74, 6) is 3.95. The molecule has 2 heterocycles. The van der Waals surface area contributed by atoms with Gasteiger partial charge in [0, 0.05) is 19.4 Å². The van der Waals surface area contributed by atoms with Crippen LogP contribution in [-0.4, -0.2) is 40.4 Å². The molecule has 3 saturated carbocycles. The summed E-state index contributed by atoms with van der Waals surface area (Å²) in [6.45, 7) is 12.4. The van der Waals surface area contributed by atoms with Crippen LogP contribution >= 0.6 is 0 Å². The third-order valence-corrected chi connectivity index (χ3v) is 12.1. The van der Waals surface area contributed by atoms with Crippen molar-refractivity contribution in [3.63, 3.8) is 0 Å². The lowest BCUT2D eigenvalue weighted by atomic mass is 9.47. The van der Waals surface area contributed by atoms with Crippen molar-refractivity contribution >= 4 is 5.91 Å². The molecule has 0 aromatic rings. The van der Waals surface area contributed by atoms with E-state index < -0.39 is 0 Å². The van der Waals surface area contributed by atoms with Gasteiger partial charge >= 0.3 is 0 Å². The molecule has 2 saturated heterocycles. The van der Waals surface area contributed by atoms with Gasteiger partial charge in [0.05, 0.1) is 12.2 Å². The van der Waals surface area contributed by atoms with E-state index in [9.17, 15) is 9.90 Å². The Hall–Kier alpha value is -0.870. The normalized spacial score (nSPS) is 55.5. The first kappa shape index (κ1) is 22.6. The highest BCUT2D eigenvalue weighted by atomic mass is 16.5. The van der Waals surface area contributed by atoms with Gasteiger partial charge in [-0.15, -0.1) is 0 Å². The Balaban J connectivity index is 1.30. The number of ether oxygens (including phenoxy) is 1. The summed E-state index contributed by atoms with van der Waals surface area (Å²) in [4.78, 5) is 14.9. The first-order chi connectivity index (χ1) is 15.6. The molecule has 184 valence electrons. The van der Waals surface area contributed by atoms with Crippen molar-refractivity contribution in [1.29, 1.82) is 0 Å². The Kier molecular flexibility index (Phi) is 5.01. The van der Waals surface area contributed by atoms with Crippen LogP contribution in [0, 0.1) is 46.3 Å². The Bertz CT molecular complexity index is 869. The summed E-state index contributed by atoms with van der Waals surface area (Å²) in [6, 6.07) is 0. The van der Waals surface area contributed by atoms with E-state index >= 15 is 0 Å². The lowest BCUT2D eigenvalue weighted by Gasteiger charge is -2.59.